The van der Waals surface area contributed by atoms with Crippen LogP contribution in [0.3, 0.4) is 0 Å². The lowest BCUT2D eigenvalue weighted by Crippen LogP contribution is -2.28. The highest BCUT2D eigenvalue weighted by atomic mass is 32.2. The number of nitrogens with one attached hydrogen (secondary N) is 3. The molecule has 7 rings (SSSR count). The average molecular weight is 611 g/mol. The zero-order valence-electron chi connectivity index (χ0n) is 23.5. The summed E-state index contributed by atoms with van der Waals surface area (Å²) in [6.07, 6.45) is 8.80. The molecule has 1 fully saturated rings. The first kappa shape index (κ1) is 27.8. The quantitative estimate of drug-likeness (QED) is 0.193. The third-order valence-corrected chi connectivity index (χ3v) is 9.17. The second kappa shape index (κ2) is 10.6. The number of aromatic amines is 2. The number of pyridine rings is 3. The number of hydrogen-bond donors (Lipinski definition) is 4. The summed E-state index contributed by atoms with van der Waals surface area (Å²) < 4.78 is 38.8. The van der Waals surface area contributed by atoms with Crippen molar-refractivity contribution in [3.63, 3.8) is 0 Å². The summed E-state index contributed by atoms with van der Waals surface area (Å²) >= 11 is 0. The van der Waals surface area contributed by atoms with E-state index in [1.807, 2.05) is 24.3 Å². The van der Waals surface area contributed by atoms with Crippen molar-refractivity contribution in [2.45, 2.75) is 24.6 Å². The van der Waals surface area contributed by atoms with Gasteiger partial charge in [-0.05, 0) is 66.9 Å². The molecule has 5 aromatic heterocycles. The number of nitrogens with two attached hydrogens (primary N) is 1. The Kier molecular flexibility index (Phi) is 6.70. The van der Waals surface area contributed by atoms with Crippen molar-refractivity contribution in [1.29, 1.82) is 0 Å². The lowest BCUT2D eigenvalue weighted by Gasteiger charge is -2.24. The van der Waals surface area contributed by atoms with Crippen LogP contribution in [0, 0.1) is 11.7 Å². The number of carbonyl (C=O) groups is 1. The van der Waals surface area contributed by atoms with Gasteiger partial charge in [0.1, 0.15) is 22.4 Å². The number of H-pyrrole nitrogens is 2. The molecule has 44 heavy (non-hydrogen) atoms. The fraction of sp³-hybridized carbons (Fsp3) is 0.194. The number of sulfone groups is 1. The molecule has 1 atom stereocenters. The van der Waals surface area contributed by atoms with Gasteiger partial charge in [0.15, 0.2) is 9.84 Å². The molecule has 1 saturated carbocycles. The van der Waals surface area contributed by atoms with E-state index < -0.39 is 21.0 Å². The Morgan fingerprint density at radius 3 is 2.66 bits per heavy atom. The van der Waals surface area contributed by atoms with Gasteiger partial charge in [-0.15, -0.1) is 0 Å². The Hall–Kier alpha value is -5.01. The molecule has 11 nitrogen and oxygen atoms in total. The summed E-state index contributed by atoms with van der Waals surface area (Å²) in [5.41, 5.74) is 12.1. The van der Waals surface area contributed by atoms with E-state index in [4.69, 9.17) is 10.7 Å². The largest absolute Gasteiger partial charge is 0.353 e. The van der Waals surface area contributed by atoms with Gasteiger partial charge >= 0.3 is 0 Å². The second-order valence-electron chi connectivity index (χ2n) is 11.1. The van der Waals surface area contributed by atoms with Crippen molar-refractivity contribution in [3.8, 4) is 33.9 Å². The maximum Gasteiger partial charge on any atom is 0.227 e. The van der Waals surface area contributed by atoms with Crippen molar-refractivity contribution in [2.75, 3.05) is 11.6 Å². The maximum absolute atomic E-state index is 14.7. The first-order valence-corrected chi connectivity index (χ1v) is 15.9. The molecular formula is C31H27FN8O3S. The van der Waals surface area contributed by atoms with Gasteiger partial charge in [0, 0.05) is 46.6 Å². The third-order valence-electron chi connectivity index (χ3n) is 7.97. The molecule has 1 amide bonds. The van der Waals surface area contributed by atoms with Gasteiger partial charge in [-0.25, -0.2) is 17.8 Å². The molecule has 0 aliphatic heterocycles. The van der Waals surface area contributed by atoms with Crippen molar-refractivity contribution in [2.24, 2.45) is 11.7 Å². The van der Waals surface area contributed by atoms with Crippen LogP contribution in [0.4, 0.5) is 10.1 Å². The third kappa shape index (κ3) is 5.09. The Morgan fingerprint density at radius 2 is 1.89 bits per heavy atom. The van der Waals surface area contributed by atoms with Crippen LogP contribution in [0.1, 0.15) is 30.2 Å². The van der Waals surface area contributed by atoms with Gasteiger partial charge in [0.2, 0.25) is 5.91 Å². The highest BCUT2D eigenvalue weighted by Crippen LogP contribution is 2.35. The van der Waals surface area contributed by atoms with Gasteiger partial charge in [0.25, 0.3) is 0 Å². The zero-order valence-corrected chi connectivity index (χ0v) is 24.3. The van der Waals surface area contributed by atoms with E-state index in [2.05, 4.69) is 30.5 Å². The van der Waals surface area contributed by atoms with E-state index in [1.165, 1.54) is 12.1 Å². The molecule has 1 aliphatic rings. The van der Waals surface area contributed by atoms with E-state index in [0.717, 1.165) is 42.7 Å². The Morgan fingerprint density at radius 1 is 1.05 bits per heavy atom. The van der Waals surface area contributed by atoms with E-state index in [0.29, 0.717) is 50.4 Å². The molecule has 0 saturated heterocycles. The highest BCUT2D eigenvalue weighted by molar-refractivity contribution is 7.90. The smallest absolute Gasteiger partial charge is 0.227 e. The average Bonchev–Trinajstić information content (AvgIpc) is 3.59. The summed E-state index contributed by atoms with van der Waals surface area (Å²) in [6, 6.07) is 13.2. The Balaban J connectivity index is 1.26. The van der Waals surface area contributed by atoms with Crippen molar-refractivity contribution < 1.29 is 17.6 Å². The molecule has 1 aliphatic carbocycles. The number of halogens is 1. The molecule has 0 radical (unpaired) electrons. The summed E-state index contributed by atoms with van der Waals surface area (Å²) in [5, 5.41) is 9.80. The van der Waals surface area contributed by atoms with Crippen molar-refractivity contribution in [3.05, 3.63) is 78.5 Å². The van der Waals surface area contributed by atoms with Crippen LogP contribution in [0.5, 0.6) is 0 Å². The summed E-state index contributed by atoms with van der Waals surface area (Å²) in [7, 11) is -3.65. The van der Waals surface area contributed by atoms with Crippen LogP contribution in [0.2, 0.25) is 0 Å². The number of rotatable bonds is 7. The topological polar surface area (TPSA) is 172 Å². The number of fused-ring (bicyclic) bond motifs is 2. The van der Waals surface area contributed by atoms with Crippen LogP contribution in [-0.2, 0) is 14.6 Å². The Bertz CT molecular complexity index is 2190. The van der Waals surface area contributed by atoms with Gasteiger partial charge < -0.3 is 16.0 Å². The first-order valence-electron chi connectivity index (χ1n) is 14.0. The summed E-state index contributed by atoms with van der Waals surface area (Å²) in [6.45, 7) is 0. The number of nitrogens with zero attached hydrogens (tertiary/aromatic N) is 4. The molecular weight excluding hydrogens is 583 g/mol. The lowest BCUT2D eigenvalue weighted by molar-refractivity contribution is -0.122. The van der Waals surface area contributed by atoms with Crippen LogP contribution >= 0.6 is 0 Å². The predicted molar refractivity (Wildman–Crippen MR) is 165 cm³/mol. The second-order valence-corrected chi connectivity index (χ2v) is 13.2. The van der Waals surface area contributed by atoms with Crippen molar-refractivity contribution >= 4 is 43.4 Å². The number of amides is 1. The first-order chi connectivity index (χ1) is 21.1. The van der Waals surface area contributed by atoms with Crippen LogP contribution < -0.4 is 11.1 Å². The molecule has 1 unspecified atom stereocenters. The molecule has 5 heterocycles. The van der Waals surface area contributed by atoms with Crippen LogP contribution in [0.25, 0.3) is 55.8 Å². The zero-order chi connectivity index (χ0) is 30.6. The SMILES string of the molecule is CS(=O)(=O)C(N)c1cc(F)cc(-c2nccc3[nH]c(-c4n[nH]c5ccc(-c6cncc(NC(=O)C7CCC7)c6)nc45)cc23)c1. The van der Waals surface area contributed by atoms with Crippen molar-refractivity contribution in [1.82, 2.24) is 30.1 Å². The van der Waals surface area contributed by atoms with Gasteiger partial charge in [-0.1, -0.05) is 6.42 Å². The van der Waals surface area contributed by atoms with E-state index in [-0.39, 0.29) is 17.4 Å². The number of aromatic nitrogens is 6. The number of benzene rings is 1. The molecule has 13 heteroatoms. The minimum atomic E-state index is -3.65. The fourth-order valence-corrected chi connectivity index (χ4v) is 6.01. The monoisotopic (exact) mass is 610 g/mol. The number of anilines is 1. The Labute approximate surface area is 251 Å². The lowest BCUT2D eigenvalue weighted by atomic mass is 9.85. The van der Waals surface area contributed by atoms with Gasteiger partial charge in [0.05, 0.1) is 34.5 Å². The highest BCUT2D eigenvalue weighted by Gasteiger charge is 2.25. The molecule has 222 valence electrons. The molecule has 0 spiro atoms. The minimum Gasteiger partial charge on any atom is -0.353 e. The predicted octanol–water partition coefficient (Wildman–Crippen LogP) is 5.11. The molecule has 5 N–H and O–H groups in total. The fourth-order valence-electron chi connectivity index (χ4n) is 5.38. The maximum atomic E-state index is 14.7. The van der Waals surface area contributed by atoms with Crippen LogP contribution in [-0.4, -0.2) is 50.7 Å². The minimum absolute atomic E-state index is 0.0103. The standard InChI is InChI=1S/C31H27FN8O3S/c1-44(42,43)30(33)18-9-17(10-20(32)11-18)27-22-13-26(37-24(22)7-8-35-27)29-28-25(39-40-29)6-5-23(38-28)19-12-21(15-34-14-19)36-31(41)16-3-2-4-16/h5-16,30,37H,2-4,33H2,1H3,(H,36,41)(H,39,40). The van der Waals surface area contributed by atoms with E-state index >= 15 is 0 Å². The molecule has 6 aromatic rings. The number of carbonyl (C=O) groups excluding carboxylic acids is 1. The summed E-state index contributed by atoms with van der Waals surface area (Å²) in [4.78, 5) is 29.5. The van der Waals surface area contributed by atoms with Gasteiger partial charge in [-0.3, -0.25) is 19.9 Å². The summed E-state index contributed by atoms with van der Waals surface area (Å²) in [5.74, 6) is -0.555. The molecule has 1 aromatic carbocycles. The van der Waals surface area contributed by atoms with E-state index in [1.54, 1.807) is 24.7 Å². The number of hydrogen-bond acceptors (Lipinski definition) is 8. The van der Waals surface area contributed by atoms with Gasteiger partial charge in [-0.2, -0.15) is 5.10 Å². The normalized spacial score (nSPS) is 14.5. The molecule has 0 bridgehead atoms. The van der Waals surface area contributed by atoms with Crippen LogP contribution in [0.15, 0.2) is 67.1 Å². The van der Waals surface area contributed by atoms with E-state index in [9.17, 15) is 17.6 Å².